The summed E-state index contributed by atoms with van der Waals surface area (Å²) in [6.45, 7) is 1.29. The van der Waals surface area contributed by atoms with Crippen molar-refractivity contribution in [1.82, 2.24) is 10.0 Å². The number of likely N-dealkylation sites (tertiary alicyclic amines) is 1. The topological polar surface area (TPSA) is 49.6 Å². The lowest BCUT2D eigenvalue weighted by Gasteiger charge is -2.32. The average Bonchev–Trinajstić information content (AvgIpc) is 2.17. The monoisotopic (exact) mass is 189 g/mol. The molecule has 2 N–H and O–H groups in total. The Labute approximate surface area is 77.4 Å². The first-order valence-electron chi connectivity index (χ1n) is 4.51. The molecule has 0 unspecified atom stereocenters. The number of nitrogens with zero attached hydrogens (tertiary/aromatic N) is 2. The third-order valence-electron chi connectivity index (χ3n) is 2.49. The van der Waals surface area contributed by atoms with Crippen LogP contribution in [0.1, 0.15) is 12.8 Å². The maximum absolute atomic E-state index is 12.7. The van der Waals surface area contributed by atoms with Gasteiger partial charge >= 0.3 is 0 Å². The lowest BCUT2D eigenvalue weighted by molar-refractivity contribution is -0.132. The summed E-state index contributed by atoms with van der Waals surface area (Å²) in [4.78, 5) is 12.8. The van der Waals surface area contributed by atoms with Gasteiger partial charge in [0.25, 0.3) is 0 Å². The molecule has 0 aliphatic carbocycles. The van der Waals surface area contributed by atoms with E-state index in [1.807, 2.05) is 0 Å². The highest BCUT2D eigenvalue weighted by Gasteiger charge is 2.24. The molecule has 0 spiro atoms. The van der Waals surface area contributed by atoms with Crippen molar-refractivity contribution in [3.63, 3.8) is 0 Å². The summed E-state index contributed by atoms with van der Waals surface area (Å²) in [5.74, 6) is -0.0417. The van der Waals surface area contributed by atoms with Crippen LogP contribution in [0.3, 0.4) is 0 Å². The summed E-state index contributed by atoms with van der Waals surface area (Å²) in [5, 5.41) is 0.726. The Morgan fingerprint density at radius 3 is 2.54 bits per heavy atom. The van der Waals surface area contributed by atoms with Gasteiger partial charge in [-0.1, -0.05) is 0 Å². The normalized spacial score (nSPS) is 19.5. The van der Waals surface area contributed by atoms with Gasteiger partial charge in [0.1, 0.15) is 0 Å². The molecule has 0 radical (unpaired) electrons. The third kappa shape index (κ3) is 2.63. The second-order valence-corrected chi connectivity index (χ2v) is 3.34. The number of carbonyl (C=O) groups is 1. The molecular formula is C8H16FN3O. The van der Waals surface area contributed by atoms with Gasteiger partial charge in [-0.15, -0.1) is 9.60 Å². The molecule has 0 aromatic carbocycles. The number of rotatable bonds is 2. The summed E-state index contributed by atoms with van der Waals surface area (Å²) in [5.41, 5.74) is 5.22. The number of halogens is 1. The lowest BCUT2D eigenvalue weighted by Crippen LogP contribution is -2.45. The van der Waals surface area contributed by atoms with Crippen LogP contribution in [-0.2, 0) is 4.79 Å². The molecule has 1 aliphatic rings. The van der Waals surface area contributed by atoms with Crippen LogP contribution in [0, 0.1) is 0 Å². The summed E-state index contributed by atoms with van der Waals surface area (Å²) >= 11 is 0. The molecule has 1 amide bonds. The molecule has 0 aromatic heterocycles. The van der Waals surface area contributed by atoms with E-state index in [4.69, 9.17) is 5.73 Å². The van der Waals surface area contributed by atoms with Crippen LogP contribution in [0.4, 0.5) is 4.48 Å². The van der Waals surface area contributed by atoms with Gasteiger partial charge in [0.05, 0.1) is 6.54 Å². The molecule has 0 bridgehead atoms. The second kappa shape index (κ2) is 4.53. The van der Waals surface area contributed by atoms with Gasteiger partial charge in [-0.25, -0.2) is 0 Å². The zero-order chi connectivity index (χ0) is 9.84. The fourth-order valence-electron chi connectivity index (χ4n) is 1.60. The quantitative estimate of drug-likeness (QED) is 0.609. The van der Waals surface area contributed by atoms with Crippen molar-refractivity contribution in [3.05, 3.63) is 0 Å². The molecule has 4 nitrogen and oxygen atoms in total. The molecule has 0 atom stereocenters. The van der Waals surface area contributed by atoms with E-state index in [1.165, 1.54) is 7.05 Å². The molecule has 1 aliphatic heterocycles. The Bertz CT molecular complexity index is 178. The van der Waals surface area contributed by atoms with Crippen molar-refractivity contribution >= 4 is 5.91 Å². The molecule has 1 saturated heterocycles. The molecule has 5 heteroatoms. The fourth-order valence-corrected chi connectivity index (χ4v) is 1.60. The highest BCUT2D eigenvalue weighted by Crippen LogP contribution is 2.15. The molecule has 1 heterocycles. The largest absolute Gasteiger partial charge is 0.341 e. The van der Waals surface area contributed by atoms with Crippen molar-refractivity contribution in [1.29, 1.82) is 0 Å². The average molecular weight is 189 g/mol. The minimum atomic E-state index is -0.0417. The molecular weight excluding hydrogens is 173 g/mol. The van der Waals surface area contributed by atoms with E-state index >= 15 is 0 Å². The van der Waals surface area contributed by atoms with E-state index in [0.29, 0.717) is 25.9 Å². The van der Waals surface area contributed by atoms with Crippen molar-refractivity contribution in [2.45, 2.75) is 18.9 Å². The minimum absolute atomic E-state index is 0.0400. The third-order valence-corrected chi connectivity index (χ3v) is 2.49. The lowest BCUT2D eigenvalue weighted by atomic mass is 10.1. The summed E-state index contributed by atoms with van der Waals surface area (Å²) in [6, 6.07) is -0.0400. The Hall–Kier alpha value is -0.680. The SMILES string of the molecule is CN(F)C1CCN(C(=O)CN)CC1. The van der Waals surface area contributed by atoms with Crippen LogP contribution in [0.25, 0.3) is 0 Å². The first-order valence-corrected chi connectivity index (χ1v) is 4.51. The summed E-state index contributed by atoms with van der Waals surface area (Å²) < 4.78 is 12.7. The molecule has 1 fully saturated rings. The molecule has 1 rings (SSSR count). The second-order valence-electron chi connectivity index (χ2n) is 3.34. The Morgan fingerprint density at radius 1 is 1.62 bits per heavy atom. The Balaban J connectivity index is 2.34. The number of hydrogen-bond donors (Lipinski definition) is 1. The van der Waals surface area contributed by atoms with E-state index in [-0.39, 0.29) is 18.5 Å². The van der Waals surface area contributed by atoms with E-state index < -0.39 is 0 Å². The smallest absolute Gasteiger partial charge is 0.236 e. The summed E-state index contributed by atoms with van der Waals surface area (Å²) in [6.07, 6.45) is 1.39. The van der Waals surface area contributed by atoms with Gasteiger partial charge in [-0.2, -0.15) is 0 Å². The first-order chi connectivity index (χ1) is 6.15. The molecule has 0 aromatic rings. The molecule has 76 valence electrons. The van der Waals surface area contributed by atoms with E-state index in [0.717, 1.165) is 5.12 Å². The van der Waals surface area contributed by atoms with Crippen molar-refractivity contribution in [2.24, 2.45) is 5.73 Å². The van der Waals surface area contributed by atoms with Crippen LogP contribution in [0.2, 0.25) is 0 Å². The number of amides is 1. The number of piperidine rings is 1. The standard InChI is InChI=1S/C8H16FN3O/c1-11(9)7-2-4-12(5-3-7)8(13)6-10/h7H,2-6,10H2,1H3. The number of carbonyl (C=O) groups excluding carboxylic acids is 1. The van der Waals surface area contributed by atoms with Gasteiger partial charge in [0, 0.05) is 26.2 Å². The van der Waals surface area contributed by atoms with Crippen LogP contribution in [0.15, 0.2) is 0 Å². The van der Waals surface area contributed by atoms with Gasteiger partial charge in [-0.05, 0) is 12.8 Å². The Kier molecular flexibility index (Phi) is 3.62. The Morgan fingerprint density at radius 2 is 2.15 bits per heavy atom. The van der Waals surface area contributed by atoms with Crippen LogP contribution in [-0.4, -0.2) is 48.7 Å². The predicted molar refractivity (Wildman–Crippen MR) is 47.5 cm³/mol. The molecule has 0 saturated carbocycles. The fraction of sp³-hybridized carbons (Fsp3) is 0.875. The predicted octanol–water partition coefficient (Wildman–Crippen LogP) is -0.248. The van der Waals surface area contributed by atoms with Crippen LogP contribution >= 0.6 is 0 Å². The van der Waals surface area contributed by atoms with Gasteiger partial charge < -0.3 is 10.6 Å². The zero-order valence-corrected chi connectivity index (χ0v) is 7.87. The van der Waals surface area contributed by atoms with Crippen molar-refractivity contribution < 1.29 is 9.28 Å². The molecule has 13 heavy (non-hydrogen) atoms. The maximum Gasteiger partial charge on any atom is 0.236 e. The number of nitrogens with two attached hydrogens (primary N) is 1. The van der Waals surface area contributed by atoms with Crippen LogP contribution < -0.4 is 5.73 Å². The highest BCUT2D eigenvalue weighted by atomic mass is 19.2. The first kappa shape index (κ1) is 10.4. The number of hydrogen-bond acceptors (Lipinski definition) is 3. The van der Waals surface area contributed by atoms with Crippen molar-refractivity contribution in [2.75, 3.05) is 26.7 Å². The van der Waals surface area contributed by atoms with E-state index in [1.54, 1.807) is 4.90 Å². The van der Waals surface area contributed by atoms with Crippen molar-refractivity contribution in [3.8, 4) is 0 Å². The van der Waals surface area contributed by atoms with Gasteiger partial charge in [0.2, 0.25) is 5.91 Å². The zero-order valence-electron chi connectivity index (χ0n) is 7.87. The van der Waals surface area contributed by atoms with Gasteiger partial charge in [-0.3, -0.25) is 4.79 Å². The summed E-state index contributed by atoms with van der Waals surface area (Å²) in [7, 11) is 1.42. The minimum Gasteiger partial charge on any atom is -0.341 e. The van der Waals surface area contributed by atoms with Crippen LogP contribution in [0.5, 0.6) is 0 Å². The highest BCUT2D eigenvalue weighted by molar-refractivity contribution is 5.78. The van der Waals surface area contributed by atoms with Gasteiger partial charge in [0.15, 0.2) is 0 Å². The van der Waals surface area contributed by atoms with E-state index in [9.17, 15) is 9.28 Å². The maximum atomic E-state index is 12.7. The van der Waals surface area contributed by atoms with E-state index in [2.05, 4.69) is 0 Å².